The Bertz CT molecular complexity index is 29.1. The van der Waals surface area contributed by atoms with Crippen molar-refractivity contribution in [3.05, 3.63) is 0 Å². The number of nitrogens with one attached hydrogen (secondary N) is 2. The first-order valence-corrected chi connectivity index (χ1v) is 2.82. The summed E-state index contributed by atoms with van der Waals surface area (Å²) in [5, 5.41) is 3.22. The molecule has 0 saturated carbocycles. The third kappa shape index (κ3) is 3.82. The maximum absolute atomic E-state index is 5.33. The van der Waals surface area contributed by atoms with E-state index in [0.29, 0.717) is 0 Å². The molecule has 3 heteroatoms. The number of hydrogen-bond donors (Lipinski definition) is 2. The normalized spacial score (nSPS) is 17.7. The van der Waals surface area contributed by atoms with E-state index in [1.54, 1.807) is 0 Å². The molecule has 0 aromatic heterocycles. The summed E-state index contributed by atoms with van der Waals surface area (Å²) in [6, 6.07) is 0. The molecule has 0 unspecified atom stereocenters. The maximum atomic E-state index is 5.33. The van der Waals surface area contributed by atoms with Gasteiger partial charge in [0.1, 0.15) is 0 Å². The highest BCUT2D eigenvalue weighted by Gasteiger charge is 1.93. The van der Waals surface area contributed by atoms with Crippen molar-refractivity contribution >= 4 is 12.4 Å². The quantitative estimate of drug-likeness (QED) is 0.490. The summed E-state index contributed by atoms with van der Waals surface area (Å²) in [6.07, 6.45) is 2.78. The summed E-state index contributed by atoms with van der Waals surface area (Å²) in [7, 11) is 0. The van der Waals surface area contributed by atoms with Crippen molar-refractivity contribution in [2.45, 2.75) is 12.8 Å². The summed E-state index contributed by atoms with van der Waals surface area (Å²) >= 11 is 3.33. The minimum absolute atomic E-state index is 1.25. The van der Waals surface area contributed by atoms with Crippen LogP contribution in [0.15, 0.2) is 0 Å². The highest BCUT2D eigenvalue weighted by molar-refractivity contribution is 7.45. The van der Waals surface area contributed by atoms with Gasteiger partial charge in [-0.1, -0.05) is 0 Å². The largest absolute Gasteiger partial charge is 0.317 e. The van der Waals surface area contributed by atoms with E-state index < -0.39 is 0 Å². The lowest BCUT2D eigenvalue weighted by Crippen LogP contribution is -2.03. The first kappa shape index (κ1) is 6.98. The topological polar surface area (TPSA) is 35.9 Å². The van der Waals surface area contributed by atoms with Gasteiger partial charge >= 0.3 is 0 Å². The van der Waals surface area contributed by atoms with Crippen molar-refractivity contribution in [3.63, 3.8) is 0 Å². The molecule has 2 nitrogen and oxygen atoms in total. The molecule has 0 aliphatic carbocycles. The van der Waals surface area contributed by atoms with Crippen LogP contribution in [-0.2, 0) is 12.4 Å². The van der Waals surface area contributed by atoms with Gasteiger partial charge in [0.05, 0.1) is 0 Å². The van der Waals surface area contributed by atoms with E-state index in [0.717, 1.165) is 0 Å². The summed E-state index contributed by atoms with van der Waals surface area (Å²) < 4.78 is 5.33. The third-order valence-corrected chi connectivity index (χ3v) is 0.957. The third-order valence-electron chi connectivity index (χ3n) is 0.957. The Hall–Kier alpha value is -0.0200. The predicted molar refractivity (Wildman–Crippen MR) is 32.2 cm³/mol. The average Bonchev–Trinajstić information content (AvgIpc) is 2.23. The van der Waals surface area contributed by atoms with Crippen LogP contribution in [0.1, 0.15) is 12.8 Å². The van der Waals surface area contributed by atoms with Gasteiger partial charge in [0.2, 0.25) is 0 Å². The molecule has 1 heterocycles. The monoisotopic (exact) mass is 118 g/mol. The van der Waals surface area contributed by atoms with Gasteiger partial charge in [-0.05, 0) is 25.9 Å². The molecule has 1 aliphatic heterocycles. The number of hydrogen-bond acceptors (Lipinski definition) is 3. The molecule has 0 aromatic carbocycles. The van der Waals surface area contributed by atoms with Crippen LogP contribution in [0.5, 0.6) is 0 Å². The van der Waals surface area contributed by atoms with E-state index >= 15 is 0 Å². The Labute approximate surface area is 49.3 Å². The fraction of sp³-hybridized carbons (Fsp3) is 1.00. The molecule has 1 saturated heterocycles. The van der Waals surface area contributed by atoms with Gasteiger partial charge in [-0.25, -0.2) is 4.78 Å². The van der Waals surface area contributed by atoms with Gasteiger partial charge in [0.25, 0.3) is 0 Å². The van der Waals surface area contributed by atoms with Crippen molar-refractivity contribution < 1.29 is 0 Å². The molecule has 0 spiro atoms. The van der Waals surface area contributed by atoms with E-state index in [1.807, 2.05) is 0 Å². The second-order valence-corrected chi connectivity index (χ2v) is 1.46. The van der Waals surface area contributed by atoms with Gasteiger partial charge in [-0.3, -0.25) is 0 Å². The molecule has 42 valence electrons. The summed E-state index contributed by atoms with van der Waals surface area (Å²) in [5.74, 6) is 0. The molecule has 1 rings (SSSR count). The Morgan fingerprint density at radius 3 is 1.71 bits per heavy atom. The molecule has 0 aromatic rings. The van der Waals surface area contributed by atoms with E-state index in [4.69, 9.17) is 4.78 Å². The smallest absolute Gasteiger partial charge is 0.0324 e. The lowest BCUT2D eigenvalue weighted by molar-refractivity contribution is 0.857. The predicted octanol–water partition coefficient (Wildman–Crippen LogP) is 0.665. The molecular weight excluding hydrogens is 108 g/mol. The van der Waals surface area contributed by atoms with E-state index in [9.17, 15) is 0 Å². The molecule has 0 radical (unpaired) electrons. The first-order chi connectivity index (χ1) is 3.50. The van der Waals surface area contributed by atoms with Crippen molar-refractivity contribution in [2.24, 2.45) is 0 Å². The zero-order valence-electron chi connectivity index (χ0n) is 4.24. The van der Waals surface area contributed by atoms with Crippen LogP contribution in [0, 0.1) is 4.78 Å². The van der Waals surface area contributed by atoms with Crippen molar-refractivity contribution in [1.82, 2.24) is 5.32 Å². The van der Waals surface area contributed by atoms with Crippen molar-refractivity contribution in [2.75, 3.05) is 13.1 Å². The highest BCUT2D eigenvalue weighted by atomic mass is 32.1. The van der Waals surface area contributed by atoms with Crippen molar-refractivity contribution in [3.8, 4) is 0 Å². The molecular formula is C4H10N2S. The zero-order chi connectivity index (χ0) is 5.54. The van der Waals surface area contributed by atoms with Crippen LogP contribution in [0.2, 0.25) is 0 Å². The fourth-order valence-corrected chi connectivity index (χ4v) is 0.625. The van der Waals surface area contributed by atoms with Crippen LogP contribution < -0.4 is 5.32 Å². The minimum Gasteiger partial charge on any atom is -0.317 e. The molecule has 1 fully saturated rings. The van der Waals surface area contributed by atoms with E-state index in [2.05, 4.69) is 17.7 Å². The Balaban J connectivity index is 0.000000162. The van der Waals surface area contributed by atoms with Gasteiger partial charge < -0.3 is 5.32 Å². The summed E-state index contributed by atoms with van der Waals surface area (Å²) in [6.45, 7) is 2.50. The second kappa shape index (κ2) is 5.98. The fourth-order valence-electron chi connectivity index (χ4n) is 0.625. The van der Waals surface area contributed by atoms with Gasteiger partial charge in [0, 0.05) is 12.4 Å². The summed E-state index contributed by atoms with van der Waals surface area (Å²) in [5.41, 5.74) is 0. The van der Waals surface area contributed by atoms with Gasteiger partial charge in [0.15, 0.2) is 0 Å². The van der Waals surface area contributed by atoms with Gasteiger partial charge in [-0.15, -0.1) is 0 Å². The van der Waals surface area contributed by atoms with Crippen molar-refractivity contribution in [1.29, 1.82) is 4.78 Å². The first-order valence-electron chi connectivity index (χ1n) is 2.41. The SMILES string of the molecule is C1CCNC1.N=S. The molecule has 2 N–H and O–H groups in total. The number of rotatable bonds is 0. The Morgan fingerprint density at radius 1 is 1.14 bits per heavy atom. The molecule has 0 atom stereocenters. The van der Waals surface area contributed by atoms with Crippen LogP contribution >= 0.6 is 0 Å². The van der Waals surface area contributed by atoms with E-state index in [-0.39, 0.29) is 0 Å². The standard InChI is InChI=1S/C4H9N.HNS/c1-2-4-5-3-1;1-2/h5H,1-4H2;1H. The maximum Gasteiger partial charge on any atom is 0.0324 e. The zero-order valence-corrected chi connectivity index (χ0v) is 5.05. The molecule has 0 amide bonds. The lowest BCUT2D eigenvalue weighted by Gasteiger charge is -1.76. The summed E-state index contributed by atoms with van der Waals surface area (Å²) in [4.78, 5) is 0. The lowest BCUT2D eigenvalue weighted by atomic mass is 10.4. The molecule has 0 bridgehead atoms. The Kier molecular flexibility index (Phi) is 5.96. The molecule has 1 aliphatic rings. The molecule has 7 heavy (non-hydrogen) atoms. The highest BCUT2D eigenvalue weighted by Crippen LogP contribution is 1.90. The second-order valence-electron chi connectivity index (χ2n) is 1.46. The Morgan fingerprint density at radius 2 is 1.57 bits per heavy atom. The van der Waals surface area contributed by atoms with Crippen LogP contribution in [-0.4, -0.2) is 13.1 Å². The van der Waals surface area contributed by atoms with Crippen LogP contribution in [0.4, 0.5) is 0 Å². The van der Waals surface area contributed by atoms with Crippen LogP contribution in [0.3, 0.4) is 0 Å². The minimum atomic E-state index is 1.25. The van der Waals surface area contributed by atoms with E-state index in [1.165, 1.54) is 25.9 Å². The van der Waals surface area contributed by atoms with Crippen LogP contribution in [0.25, 0.3) is 0 Å². The van der Waals surface area contributed by atoms with Gasteiger partial charge in [-0.2, -0.15) is 0 Å². The average molecular weight is 118 g/mol.